The summed E-state index contributed by atoms with van der Waals surface area (Å²) in [4.78, 5) is 40.3. The van der Waals surface area contributed by atoms with E-state index < -0.39 is 0 Å². The number of hydrogen-bond acceptors (Lipinski definition) is 5. The third kappa shape index (κ3) is 5.35. The van der Waals surface area contributed by atoms with Gasteiger partial charge in [-0.05, 0) is 56.5 Å². The van der Waals surface area contributed by atoms with E-state index in [9.17, 15) is 14.4 Å². The number of nitrogens with zero attached hydrogens (tertiary/aromatic N) is 3. The number of piperazine rings is 1. The van der Waals surface area contributed by atoms with Gasteiger partial charge in [-0.3, -0.25) is 14.5 Å². The van der Waals surface area contributed by atoms with Gasteiger partial charge in [-0.1, -0.05) is 0 Å². The van der Waals surface area contributed by atoms with E-state index in [-0.39, 0.29) is 11.9 Å². The molecule has 3 rings (SSSR count). The van der Waals surface area contributed by atoms with Crippen molar-refractivity contribution in [1.82, 2.24) is 15.1 Å². The summed E-state index contributed by atoms with van der Waals surface area (Å²) < 4.78 is 0. The van der Waals surface area contributed by atoms with E-state index in [0.29, 0.717) is 19.4 Å². The minimum Gasteiger partial charge on any atom is -0.369 e. The third-order valence-electron chi connectivity index (χ3n) is 6.02. The molecule has 0 spiro atoms. The topological polar surface area (TPSA) is 73.0 Å². The molecule has 1 N–H and O–H groups in total. The van der Waals surface area contributed by atoms with E-state index in [1.54, 1.807) is 0 Å². The molecule has 158 valence electrons. The monoisotopic (exact) mass is 400 g/mol. The minimum atomic E-state index is 0.0776. The van der Waals surface area contributed by atoms with Gasteiger partial charge in [0.15, 0.2) is 0 Å². The molecule has 0 bridgehead atoms. The van der Waals surface area contributed by atoms with Gasteiger partial charge >= 0.3 is 0 Å². The highest BCUT2D eigenvalue weighted by Crippen LogP contribution is 2.30. The van der Waals surface area contributed by atoms with E-state index in [4.69, 9.17) is 0 Å². The number of rotatable bonds is 11. The Hall–Kier alpha value is -2.41. The molecule has 7 heteroatoms. The van der Waals surface area contributed by atoms with Gasteiger partial charge in [-0.15, -0.1) is 0 Å². The summed E-state index contributed by atoms with van der Waals surface area (Å²) >= 11 is 0. The van der Waals surface area contributed by atoms with Crippen molar-refractivity contribution in [2.24, 2.45) is 0 Å². The van der Waals surface area contributed by atoms with Gasteiger partial charge in [0.25, 0.3) is 5.91 Å². The molecule has 1 unspecified atom stereocenters. The van der Waals surface area contributed by atoms with Crippen molar-refractivity contribution in [1.29, 1.82) is 0 Å². The maximum Gasteiger partial charge on any atom is 0.254 e. The van der Waals surface area contributed by atoms with Gasteiger partial charge in [0, 0.05) is 63.0 Å². The van der Waals surface area contributed by atoms with Crippen molar-refractivity contribution in [3.05, 3.63) is 29.3 Å². The highest BCUT2D eigenvalue weighted by molar-refractivity contribution is 5.99. The van der Waals surface area contributed by atoms with Gasteiger partial charge in [-0.25, -0.2) is 0 Å². The van der Waals surface area contributed by atoms with Crippen LogP contribution < -0.4 is 10.2 Å². The van der Waals surface area contributed by atoms with Crippen LogP contribution in [0, 0.1) is 0 Å². The number of benzene rings is 1. The highest BCUT2D eigenvalue weighted by atomic mass is 16.2. The van der Waals surface area contributed by atoms with Crippen molar-refractivity contribution in [2.45, 2.75) is 45.2 Å². The second-order valence-electron chi connectivity index (χ2n) is 7.98. The molecule has 1 aromatic rings. The first-order valence-electron chi connectivity index (χ1n) is 10.7. The normalized spacial score (nSPS) is 17.9. The van der Waals surface area contributed by atoms with Crippen LogP contribution in [-0.4, -0.2) is 73.7 Å². The van der Waals surface area contributed by atoms with Crippen LogP contribution in [0.4, 0.5) is 5.69 Å². The van der Waals surface area contributed by atoms with Crippen LogP contribution in [0.1, 0.15) is 48.5 Å². The standard InChI is InChI=1S/C22H32N4O3/c1-18(5-4-14-27)26-16-19-15-20(6-7-21(19)22(26)29)25-12-10-24(11-13-25)9-3-2-8-23-17-28/h6-7,14-15,17-18H,2-5,8-13,16H2,1H3,(H,23,28). The molecule has 0 aromatic heterocycles. The van der Waals surface area contributed by atoms with Crippen LogP contribution in [0.2, 0.25) is 0 Å². The van der Waals surface area contributed by atoms with Crippen LogP contribution in [0.5, 0.6) is 0 Å². The van der Waals surface area contributed by atoms with Crippen LogP contribution in [-0.2, 0) is 16.1 Å². The Kier molecular flexibility index (Phi) is 7.63. The van der Waals surface area contributed by atoms with Crippen molar-refractivity contribution < 1.29 is 14.4 Å². The third-order valence-corrected chi connectivity index (χ3v) is 6.02. The Morgan fingerprint density at radius 2 is 1.93 bits per heavy atom. The molecular formula is C22H32N4O3. The zero-order valence-electron chi connectivity index (χ0n) is 17.3. The second-order valence-corrected chi connectivity index (χ2v) is 7.98. The van der Waals surface area contributed by atoms with E-state index in [2.05, 4.69) is 27.2 Å². The number of hydrogen-bond donors (Lipinski definition) is 1. The lowest BCUT2D eigenvalue weighted by Crippen LogP contribution is -2.46. The van der Waals surface area contributed by atoms with Crippen molar-refractivity contribution >= 4 is 24.3 Å². The molecule has 7 nitrogen and oxygen atoms in total. The molecule has 2 aliphatic heterocycles. The average Bonchev–Trinajstić information content (AvgIpc) is 3.08. The Morgan fingerprint density at radius 1 is 1.14 bits per heavy atom. The summed E-state index contributed by atoms with van der Waals surface area (Å²) in [5.41, 5.74) is 3.08. The summed E-state index contributed by atoms with van der Waals surface area (Å²) in [6, 6.07) is 6.28. The Balaban J connectivity index is 1.51. The number of unbranched alkanes of at least 4 members (excludes halogenated alkanes) is 1. The number of nitrogens with one attached hydrogen (secondary N) is 1. The molecule has 29 heavy (non-hydrogen) atoms. The van der Waals surface area contributed by atoms with E-state index in [1.165, 1.54) is 5.69 Å². The fourth-order valence-corrected chi connectivity index (χ4v) is 4.20. The summed E-state index contributed by atoms with van der Waals surface area (Å²) in [6.07, 6.45) is 4.99. The first-order chi connectivity index (χ1) is 14.1. The summed E-state index contributed by atoms with van der Waals surface area (Å²) in [6.45, 7) is 8.51. The van der Waals surface area contributed by atoms with Crippen LogP contribution in [0.3, 0.4) is 0 Å². The number of aldehydes is 1. The van der Waals surface area contributed by atoms with E-state index in [1.807, 2.05) is 17.9 Å². The molecule has 2 heterocycles. The van der Waals surface area contributed by atoms with E-state index >= 15 is 0 Å². The summed E-state index contributed by atoms with van der Waals surface area (Å²) in [5, 5.41) is 2.71. The molecule has 1 atom stereocenters. The smallest absolute Gasteiger partial charge is 0.254 e. The number of amides is 2. The maximum atomic E-state index is 12.7. The lowest BCUT2D eigenvalue weighted by molar-refractivity contribution is -0.109. The predicted molar refractivity (Wildman–Crippen MR) is 113 cm³/mol. The Morgan fingerprint density at radius 3 is 2.66 bits per heavy atom. The molecule has 1 saturated heterocycles. The maximum absolute atomic E-state index is 12.7. The van der Waals surface area contributed by atoms with Gasteiger partial charge < -0.3 is 19.9 Å². The first-order valence-corrected chi connectivity index (χ1v) is 10.7. The molecule has 1 fully saturated rings. The summed E-state index contributed by atoms with van der Waals surface area (Å²) in [5.74, 6) is 0.0823. The zero-order chi connectivity index (χ0) is 20.6. The number of carbonyl (C=O) groups is 3. The molecule has 0 saturated carbocycles. The Labute approximate surface area is 173 Å². The fourth-order valence-electron chi connectivity index (χ4n) is 4.20. The lowest BCUT2D eigenvalue weighted by Gasteiger charge is -2.36. The Bertz CT molecular complexity index is 716. The lowest BCUT2D eigenvalue weighted by atomic mass is 10.1. The number of fused-ring (bicyclic) bond motifs is 1. The van der Waals surface area contributed by atoms with Gasteiger partial charge in [0.1, 0.15) is 6.29 Å². The minimum absolute atomic E-state index is 0.0776. The average molecular weight is 401 g/mol. The second kappa shape index (κ2) is 10.4. The van der Waals surface area contributed by atoms with Gasteiger partial charge in [0.05, 0.1) is 0 Å². The SMILES string of the molecule is CC(CCC=O)N1Cc2cc(N3CCN(CCCCNC=O)CC3)ccc2C1=O. The quantitative estimate of drug-likeness (QED) is 0.452. The molecule has 0 aliphatic carbocycles. The highest BCUT2D eigenvalue weighted by Gasteiger charge is 2.31. The van der Waals surface area contributed by atoms with Crippen LogP contribution >= 0.6 is 0 Å². The predicted octanol–water partition coefficient (Wildman–Crippen LogP) is 1.66. The summed E-state index contributed by atoms with van der Waals surface area (Å²) in [7, 11) is 0. The van der Waals surface area contributed by atoms with Crippen LogP contribution in [0.15, 0.2) is 18.2 Å². The fraction of sp³-hybridized carbons (Fsp3) is 0.591. The van der Waals surface area contributed by atoms with E-state index in [0.717, 1.165) is 75.9 Å². The molecule has 0 radical (unpaired) electrons. The van der Waals surface area contributed by atoms with Gasteiger partial charge in [0.2, 0.25) is 6.41 Å². The van der Waals surface area contributed by atoms with Crippen molar-refractivity contribution in [3.63, 3.8) is 0 Å². The molecule has 1 aromatic carbocycles. The molecule has 2 amide bonds. The molecular weight excluding hydrogens is 368 g/mol. The van der Waals surface area contributed by atoms with Gasteiger partial charge in [-0.2, -0.15) is 0 Å². The number of anilines is 1. The first kappa shape index (κ1) is 21.3. The molecule has 2 aliphatic rings. The zero-order valence-corrected chi connectivity index (χ0v) is 17.3. The van der Waals surface area contributed by atoms with Crippen LogP contribution in [0.25, 0.3) is 0 Å². The van der Waals surface area contributed by atoms with Crippen molar-refractivity contribution in [2.75, 3.05) is 44.2 Å². The van der Waals surface area contributed by atoms with Crippen molar-refractivity contribution in [3.8, 4) is 0 Å². The number of carbonyl (C=O) groups excluding carboxylic acids is 3. The largest absolute Gasteiger partial charge is 0.369 e.